The van der Waals surface area contributed by atoms with Crippen molar-refractivity contribution < 1.29 is 9.90 Å². The lowest BCUT2D eigenvalue weighted by atomic mass is 10.3. The van der Waals surface area contributed by atoms with Gasteiger partial charge in [0.25, 0.3) is 0 Å². The van der Waals surface area contributed by atoms with Crippen LogP contribution in [-0.4, -0.2) is 60.1 Å². The molecule has 82 valence electrons. The number of amides is 1. The molecule has 0 aromatic rings. The van der Waals surface area contributed by atoms with Crippen LogP contribution in [0.15, 0.2) is 0 Å². The third kappa shape index (κ3) is 2.96. The molecule has 0 aromatic heterocycles. The van der Waals surface area contributed by atoms with Gasteiger partial charge in [0.15, 0.2) is 0 Å². The summed E-state index contributed by atoms with van der Waals surface area (Å²) in [5, 5.41) is 8.93. The third-order valence-electron chi connectivity index (χ3n) is 2.91. The fourth-order valence-corrected chi connectivity index (χ4v) is 1.58. The molecule has 1 rings (SSSR count). The van der Waals surface area contributed by atoms with E-state index in [-0.39, 0.29) is 18.6 Å². The van der Waals surface area contributed by atoms with Gasteiger partial charge in [0, 0.05) is 32.1 Å². The first kappa shape index (κ1) is 11.5. The van der Waals surface area contributed by atoms with Gasteiger partial charge in [-0.3, -0.25) is 9.69 Å². The molecule has 1 aliphatic rings. The molecule has 0 aliphatic carbocycles. The van der Waals surface area contributed by atoms with Gasteiger partial charge in [-0.1, -0.05) is 0 Å². The lowest BCUT2D eigenvalue weighted by molar-refractivity contribution is -0.127. The Balaban J connectivity index is 2.22. The Kier molecular flexibility index (Phi) is 4.35. The molecule has 1 atom stereocenters. The lowest BCUT2D eigenvalue weighted by Crippen LogP contribution is -2.39. The maximum Gasteiger partial charge on any atom is 0.222 e. The third-order valence-corrected chi connectivity index (χ3v) is 2.91. The molecule has 14 heavy (non-hydrogen) atoms. The molecule has 4 nitrogen and oxygen atoms in total. The van der Waals surface area contributed by atoms with Crippen molar-refractivity contribution in [3.8, 4) is 0 Å². The van der Waals surface area contributed by atoms with Crippen LogP contribution in [-0.2, 0) is 4.79 Å². The van der Waals surface area contributed by atoms with E-state index in [9.17, 15) is 4.79 Å². The molecule has 1 saturated heterocycles. The first-order chi connectivity index (χ1) is 6.65. The van der Waals surface area contributed by atoms with Crippen LogP contribution in [0.2, 0.25) is 0 Å². The molecule has 1 fully saturated rings. The summed E-state index contributed by atoms with van der Waals surface area (Å²) in [5.74, 6) is 0.273. The molecular formula is C10H20N2O2. The van der Waals surface area contributed by atoms with Crippen molar-refractivity contribution in [3.05, 3.63) is 0 Å². The number of nitrogens with zero attached hydrogens (tertiary/aromatic N) is 2. The van der Waals surface area contributed by atoms with E-state index in [2.05, 4.69) is 4.90 Å². The van der Waals surface area contributed by atoms with Crippen LogP contribution in [0, 0.1) is 0 Å². The molecule has 4 heteroatoms. The van der Waals surface area contributed by atoms with Crippen LogP contribution in [0.4, 0.5) is 0 Å². The fraction of sp³-hybridized carbons (Fsp3) is 0.900. The maximum absolute atomic E-state index is 11.3. The predicted molar refractivity (Wildman–Crippen MR) is 55.0 cm³/mol. The average molecular weight is 200 g/mol. The normalized spacial score (nSPS) is 19.4. The molecule has 1 unspecified atom stereocenters. The molecule has 0 radical (unpaired) electrons. The second kappa shape index (κ2) is 5.32. The zero-order valence-electron chi connectivity index (χ0n) is 9.07. The van der Waals surface area contributed by atoms with E-state index in [1.54, 1.807) is 0 Å². The van der Waals surface area contributed by atoms with Crippen molar-refractivity contribution in [1.82, 2.24) is 9.80 Å². The summed E-state index contributed by atoms with van der Waals surface area (Å²) in [5.41, 5.74) is 0. The maximum atomic E-state index is 11.3. The molecule has 1 heterocycles. The van der Waals surface area contributed by atoms with Gasteiger partial charge in [0.1, 0.15) is 0 Å². The number of carbonyl (C=O) groups excluding carboxylic acids is 1. The van der Waals surface area contributed by atoms with Crippen molar-refractivity contribution in [2.24, 2.45) is 0 Å². The van der Waals surface area contributed by atoms with Crippen molar-refractivity contribution >= 4 is 5.91 Å². The second-order valence-electron chi connectivity index (χ2n) is 4.00. The molecule has 0 spiro atoms. The SMILES string of the molecule is CC(CO)N(C)CCN1CCCC1=O. The summed E-state index contributed by atoms with van der Waals surface area (Å²) >= 11 is 0. The Hall–Kier alpha value is -0.610. The van der Waals surface area contributed by atoms with Gasteiger partial charge in [0.2, 0.25) is 5.91 Å². The monoisotopic (exact) mass is 200 g/mol. The van der Waals surface area contributed by atoms with Crippen LogP contribution >= 0.6 is 0 Å². The summed E-state index contributed by atoms with van der Waals surface area (Å²) in [6.45, 7) is 4.68. The van der Waals surface area contributed by atoms with Crippen molar-refractivity contribution in [1.29, 1.82) is 0 Å². The largest absolute Gasteiger partial charge is 0.395 e. The molecule has 1 N–H and O–H groups in total. The van der Waals surface area contributed by atoms with Crippen molar-refractivity contribution in [2.75, 3.05) is 33.3 Å². The Morgan fingerprint density at radius 1 is 1.64 bits per heavy atom. The van der Waals surface area contributed by atoms with Crippen LogP contribution < -0.4 is 0 Å². The molecule has 0 aromatic carbocycles. The summed E-state index contributed by atoms with van der Waals surface area (Å²) in [4.78, 5) is 15.3. The van der Waals surface area contributed by atoms with E-state index >= 15 is 0 Å². The van der Waals surface area contributed by atoms with Crippen LogP contribution in [0.25, 0.3) is 0 Å². The van der Waals surface area contributed by atoms with Crippen LogP contribution in [0.1, 0.15) is 19.8 Å². The zero-order chi connectivity index (χ0) is 10.6. The van der Waals surface area contributed by atoms with Crippen LogP contribution in [0.3, 0.4) is 0 Å². The molecule has 1 amide bonds. The van der Waals surface area contributed by atoms with Gasteiger partial charge in [-0.05, 0) is 20.4 Å². The van der Waals surface area contributed by atoms with Gasteiger partial charge in [-0.2, -0.15) is 0 Å². The van der Waals surface area contributed by atoms with E-state index in [0.717, 1.165) is 26.1 Å². The number of likely N-dealkylation sites (tertiary alicyclic amines) is 1. The van der Waals surface area contributed by atoms with Gasteiger partial charge in [-0.15, -0.1) is 0 Å². The smallest absolute Gasteiger partial charge is 0.222 e. The Labute approximate surface area is 85.5 Å². The topological polar surface area (TPSA) is 43.8 Å². The van der Waals surface area contributed by atoms with E-state index in [0.29, 0.717) is 6.42 Å². The summed E-state index contributed by atoms with van der Waals surface area (Å²) < 4.78 is 0. The Morgan fingerprint density at radius 2 is 2.36 bits per heavy atom. The van der Waals surface area contributed by atoms with Crippen molar-refractivity contribution in [2.45, 2.75) is 25.8 Å². The first-order valence-electron chi connectivity index (χ1n) is 5.24. The minimum absolute atomic E-state index is 0.171. The highest BCUT2D eigenvalue weighted by Crippen LogP contribution is 2.09. The number of hydrogen-bond acceptors (Lipinski definition) is 3. The van der Waals surface area contributed by atoms with Crippen LogP contribution in [0.5, 0.6) is 0 Å². The highest BCUT2D eigenvalue weighted by atomic mass is 16.3. The minimum atomic E-state index is 0.171. The predicted octanol–water partition coefficient (Wildman–Crippen LogP) is -0.0786. The second-order valence-corrected chi connectivity index (χ2v) is 4.00. The molecule has 0 saturated carbocycles. The number of likely N-dealkylation sites (N-methyl/N-ethyl adjacent to an activating group) is 1. The van der Waals surface area contributed by atoms with E-state index < -0.39 is 0 Å². The summed E-state index contributed by atoms with van der Waals surface area (Å²) in [7, 11) is 1.97. The highest BCUT2D eigenvalue weighted by molar-refractivity contribution is 5.78. The average Bonchev–Trinajstić information content (AvgIpc) is 2.59. The molecule has 0 bridgehead atoms. The number of hydrogen-bond donors (Lipinski definition) is 1. The number of aliphatic hydroxyl groups excluding tert-OH is 1. The van der Waals surface area contributed by atoms with E-state index in [1.807, 2.05) is 18.9 Å². The van der Waals surface area contributed by atoms with E-state index in [1.165, 1.54) is 0 Å². The first-order valence-corrected chi connectivity index (χ1v) is 5.24. The zero-order valence-corrected chi connectivity index (χ0v) is 9.07. The lowest BCUT2D eigenvalue weighted by Gasteiger charge is -2.25. The molecule has 1 aliphatic heterocycles. The highest BCUT2D eigenvalue weighted by Gasteiger charge is 2.20. The summed E-state index contributed by atoms with van der Waals surface area (Å²) in [6.07, 6.45) is 1.71. The number of carbonyl (C=O) groups is 1. The van der Waals surface area contributed by atoms with Gasteiger partial charge in [0.05, 0.1) is 6.61 Å². The standard InChI is InChI=1S/C10H20N2O2/c1-9(8-13)11(2)6-7-12-5-3-4-10(12)14/h9,13H,3-8H2,1-2H3. The van der Waals surface area contributed by atoms with Gasteiger partial charge in [-0.25, -0.2) is 0 Å². The minimum Gasteiger partial charge on any atom is -0.395 e. The van der Waals surface area contributed by atoms with Crippen molar-refractivity contribution in [3.63, 3.8) is 0 Å². The quantitative estimate of drug-likeness (QED) is 0.675. The number of aliphatic hydroxyl groups is 1. The number of rotatable bonds is 5. The van der Waals surface area contributed by atoms with Gasteiger partial charge < -0.3 is 10.0 Å². The Morgan fingerprint density at radius 3 is 2.86 bits per heavy atom. The van der Waals surface area contributed by atoms with E-state index in [4.69, 9.17) is 5.11 Å². The van der Waals surface area contributed by atoms with Gasteiger partial charge >= 0.3 is 0 Å². The molecular weight excluding hydrogens is 180 g/mol. The summed E-state index contributed by atoms with van der Waals surface area (Å²) in [6, 6.07) is 0.174. The fourth-order valence-electron chi connectivity index (χ4n) is 1.58. The Bertz CT molecular complexity index is 197.